The minimum atomic E-state index is -0.586. The first-order valence-corrected chi connectivity index (χ1v) is 8.73. The van der Waals surface area contributed by atoms with Crippen LogP contribution in [0, 0.1) is 0 Å². The first-order valence-electron chi connectivity index (χ1n) is 8.73. The van der Waals surface area contributed by atoms with E-state index < -0.39 is 17.7 Å². The number of imide groups is 1. The lowest BCUT2D eigenvalue weighted by Gasteiger charge is -2.13. The van der Waals surface area contributed by atoms with Crippen molar-refractivity contribution in [3.8, 4) is 17.2 Å². The summed E-state index contributed by atoms with van der Waals surface area (Å²) in [5, 5.41) is 0. The van der Waals surface area contributed by atoms with Gasteiger partial charge in [-0.25, -0.2) is 4.90 Å². The molecule has 3 amide bonds. The molecule has 4 rings (SSSR count). The molecule has 0 saturated carbocycles. The minimum Gasteiger partial charge on any atom is -0.493 e. The van der Waals surface area contributed by atoms with Crippen molar-refractivity contribution in [2.75, 3.05) is 12.0 Å². The summed E-state index contributed by atoms with van der Waals surface area (Å²) < 4.78 is 11.1. The number of rotatable bonds is 5. The second-order valence-electron chi connectivity index (χ2n) is 6.32. The van der Waals surface area contributed by atoms with Crippen LogP contribution in [0.5, 0.6) is 17.2 Å². The summed E-state index contributed by atoms with van der Waals surface area (Å²) in [6.07, 6.45) is 0. The second kappa shape index (κ2) is 7.12. The Morgan fingerprint density at radius 2 is 1.52 bits per heavy atom. The smallest absolute Gasteiger partial charge is 0.266 e. The Labute approximate surface area is 166 Å². The van der Waals surface area contributed by atoms with Crippen LogP contribution in [0.2, 0.25) is 0 Å². The molecule has 0 aromatic heterocycles. The van der Waals surface area contributed by atoms with E-state index in [2.05, 4.69) is 0 Å². The normalized spacial score (nSPS) is 12.7. The van der Waals surface area contributed by atoms with Crippen molar-refractivity contribution in [3.63, 3.8) is 0 Å². The number of hydrogen-bond acceptors (Lipinski definition) is 5. The molecule has 0 radical (unpaired) electrons. The number of benzene rings is 3. The zero-order chi connectivity index (χ0) is 20.5. The van der Waals surface area contributed by atoms with E-state index in [1.54, 1.807) is 30.3 Å². The van der Waals surface area contributed by atoms with E-state index >= 15 is 0 Å². The third-order valence-electron chi connectivity index (χ3n) is 4.56. The van der Waals surface area contributed by atoms with Gasteiger partial charge in [-0.2, -0.15) is 0 Å². The lowest BCUT2D eigenvalue weighted by molar-refractivity contribution is 0.0925. The molecular formula is C22H16N2O5. The number of carbonyl (C=O) groups excluding carboxylic acids is 3. The predicted molar refractivity (Wildman–Crippen MR) is 106 cm³/mol. The third-order valence-corrected chi connectivity index (χ3v) is 4.56. The van der Waals surface area contributed by atoms with Crippen LogP contribution in [-0.2, 0) is 0 Å². The van der Waals surface area contributed by atoms with Crippen LogP contribution < -0.4 is 20.1 Å². The lowest BCUT2D eigenvalue weighted by atomic mass is 10.1. The molecule has 29 heavy (non-hydrogen) atoms. The van der Waals surface area contributed by atoms with Crippen LogP contribution >= 0.6 is 0 Å². The molecule has 1 heterocycles. The highest BCUT2D eigenvalue weighted by atomic mass is 16.5. The molecule has 0 fully saturated rings. The van der Waals surface area contributed by atoms with Gasteiger partial charge in [0.25, 0.3) is 11.8 Å². The number of ether oxygens (including phenoxy) is 2. The maximum Gasteiger partial charge on any atom is 0.266 e. The van der Waals surface area contributed by atoms with E-state index in [1.807, 2.05) is 6.07 Å². The molecule has 0 atom stereocenters. The van der Waals surface area contributed by atoms with Crippen LogP contribution in [0.1, 0.15) is 31.1 Å². The van der Waals surface area contributed by atoms with Gasteiger partial charge in [-0.3, -0.25) is 14.4 Å². The fourth-order valence-corrected chi connectivity index (χ4v) is 3.12. The summed E-state index contributed by atoms with van der Waals surface area (Å²) in [7, 11) is 1.54. The number of anilines is 1. The minimum absolute atomic E-state index is 0.237. The van der Waals surface area contributed by atoms with Crippen LogP contribution in [0.25, 0.3) is 0 Å². The average Bonchev–Trinajstić information content (AvgIpc) is 2.98. The summed E-state index contributed by atoms with van der Waals surface area (Å²) >= 11 is 0. The van der Waals surface area contributed by atoms with Gasteiger partial charge in [-0.1, -0.05) is 12.1 Å². The molecule has 0 unspecified atom stereocenters. The van der Waals surface area contributed by atoms with Gasteiger partial charge in [0.1, 0.15) is 5.75 Å². The molecule has 144 valence electrons. The highest BCUT2D eigenvalue weighted by Gasteiger charge is 2.37. The van der Waals surface area contributed by atoms with Crippen molar-refractivity contribution in [1.29, 1.82) is 0 Å². The molecule has 7 nitrogen and oxygen atoms in total. The SMILES string of the molecule is COc1ccccc1Oc1ccc2c(c1)C(=O)N(c1ccc(C(N)=O)cc1)C2=O. The third kappa shape index (κ3) is 3.19. The van der Waals surface area contributed by atoms with Gasteiger partial charge in [0.2, 0.25) is 5.91 Å². The van der Waals surface area contributed by atoms with Gasteiger partial charge in [-0.05, 0) is 54.6 Å². The Balaban J connectivity index is 1.65. The maximum atomic E-state index is 12.9. The highest BCUT2D eigenvalue weighted by Crippen LogP contribution is 2.35. The molecule has 2 N–H and O–H groups in total. The summed E-state index contributed by atoms with van der Waals surface area (Å²) in [5.74, 6) is -0.0578. The van der Waals surface area contributed by atoms with Gasteiger partial charge < -0.3 is 15.2 Å². The summed E-state index contributed by atoms with van der Waals surface area (Å²) in [5.41, 5.74) is 6.39. The second-order valence-corrected chi connectivity index (χ2v) is 6.32. The zero-order valence-electron chi connectivity index (χ0n) is 15.4. The Morgan fingerprint density at radius 3 is 2.17 bits per heavy atom. The summed E-state index contributed by atoms with van der Waals surface area (Å²) in [6, 6.07) is 17.8. The quantitative estimate of drug-likeness (QED) is 0.676. The number of nitrogens with zero attached hydrogens (tertiary/aromatic N) is 1. The molecule has 7 heteroatoms. The van der Waals surface area contributed by atoms with Crippen LogP contribution in [0.4, 0.5) is 5.69 Å². The fraction of sp³-hybridized carbons (Fsp3) is 0.0455. The average molecular weight is 388 g/mol. The van der Waals surface area contributed by atoms with E-state index in [4.69, 9.17) is 15.2 Å². The van der Waals surface area contributed by atoms with Crippen molar-refractivity contribution in [1.82, 2.24) is 0 Å². The van der Waals surface area contributed by atoms with Crippen molar-refractivity contribution >= 4 is 23.4 Å². The molecule has 0 spiro atoms. The largest absolute Gasteiger partial charge is 0.493 e. The van der Waals surface area contributed by atoms with Crippen LogP contribution in [0.3, 0.4) is 0 Å². The first-order chi connectivity index (χ1) is 14.0. The number of amides is 3. The molecule has 0 aliphatic carbocycles. The van der Waals surface area contributed by atoms with Gasteiger partial charge in [0, 0.05) is 5.56 Å². The number of carbonyl (C=O) groups is 3. The molecule has 3 aromatic rings. The van der Waals surface area contributed by atoms with E-state index in [0.29, 0.717) is 22.9 Å². The van der Waals surface area contributed by atoms with Crippen molar-refractivity contribution < 1.29 is 23.9 Å². The van der Waals surface area contributed by atoms with Crippen molar-refractivity contribution in [2.24, 2.45) is 5.73 Å². The number of para-hydroxylation sites is 2. The zero-order valence-corrected chi connectivity index (χ0v) is 15.4. The lowest BCUT2D eigenvalue weighted by Crippen LogP contribution is -2.29. The van der Waals surface area contributed by atoms with Gasteiger partial charge in [0.05, 0.1) is 23.9 Å². The van der Waals surface area contributed by atoms with Crippen LogP contribution in [-0.4, -0.2) is 24.8 Å². The molecule has 1 aliphatic rings. The van der Waals surface area contributed by atoms with E-state index in [-0.39, 0.29) is 16.7 Å². The molecular weight excluding hydrogens is 372 g/mol. The van der Waals surface area contributed by atoms with Crippen molar-refractivity contribution in [2.45, 2.75) is 0 Å². The Hall–Kier alpha value is -4.13. The predicted octanol–water partition coefficient (Wildman–Crippen LogP) is 3.39. The van der Waals surface area contributed by atoms with E-state index in [1.165, 1.54) is 37.4 Å². The summed E-state index contributed by atoms with van der Waals surface area (Å²) in [4.78, 5) is 37.9. The standard InChI is InChI=1S/C22H16N2O5/c1-28-18-4-2-3-5-19(18)29-15-10-11-16-17(12-15)22(27)24(21(16)26)14-8-6-13(7-9-14)20(23)25/h2-12H,1H3,(H2,23,25). The number of primary amides is 1. The van der Waals surface area contributed by atoms with Gasteiger partial charge in [-0.15, -0.1) is 0 Å². The van der Waals surface area contributed by atoms with E-state index in [9.17, 15) is 14.4 Å². The number of fused-ring (bicyclic) bond motifs is 1. The number of nitrogens with two attached hydrogens (primary N) is 1. The topological polar surface area (TPSA) is 98.9 Å². The monoisotopic (exact) mass is 388 g/mol. The molecule has 0 bridgehead atoms. The number of hydrogen-bond donors (Lipinski definition) is 1. The Bertz CT molecular complexity index is 1140. The summed E-state index contributed by atoms with van der Waals surface area (Å²) in [6.45, 7) is 0. The first kappa shape index (κ1) is 18.2. The Morgan fingerprint density at radius 1 is 0.862 bits per heavy atom. The van der Waals surface area contributed by atoms with Gasteiger partial charge >= 0.3 is 0 Å². The van der Waals surface area contributed by atoms with Crippen molar-refractivity contribution in [3.05, 3.63) is 83.4 Å². The molecule has 0 saturated heterocycles. The van der Waals surface area contributed by atoms with E-state index in [0.717, 1.165) is 4.90 Å². The van der Waals surface area contributed by atoms with Gasteiger partial charge in [0.15, 0.2) is 11.5 Å². The number of methoxy groups -OCH3 is 1. The fourth-order valence-electron chi connectivity index (χ4n) is 3.12. The molecule has 1 aliphatic heterocycles. The maximum absolute atomic E-state index is 12.9. The molecule has 3 aromatic carbocycles. The van der Waals surface area contributed by atoms with Crippen LogP contribution in [0.15, 0.2) is 66.7 Å². The highest BCUT2D eigenvalue weighted by molar-refractivity contribution is 6.34. The Kier molecular flexibility index (Phi) is 4.48.